The Kier molecular flexibility index (Phi) is 5.27. The number of hydrogen-bond acceptors (Lipinski definition) is 7. The summed E-state index contributed by atoms with van der Waals surface area (Å²) in [6, 6.07) is 1.71. The molecule has 1 aromatic rings. The molecule has 0 saturated heterocycles. The zero-order valence-electron chi connectivity index (χ0n) is 19.0. The molecule has 0 aliphatic heterocycles. The number of rotatable bonds is 2. The highest BCUT2D eigenvalue weighted by Gasteiger charge is 2.60. The van der Waals surface area contributed by atoms with E-state index < -0.39 is 57.4 Å². The van der Waals surface area contributed by atoms with Gasteiger partial charge < -0.3 is 26.2 Å². The zero-order chi connectivity index (χ0) is 25.5. The number of carbonyl (C=O) groups is 3. The van der Waals surface area contributed by atoms with E-state index in [1.807, 2.05) is 20.8 Å². The van der Waals surface area contributed by atoms with Crippen molar-refractivity contribution in [1.82, 2.24) is 0 Å². The van der Waals surface area contributed by atoms with Gasteiger partial charge in [-0.2, -0.15) is 0 Å². The number of aliphatic hydroxyl groups is 3. The summed E-state index contributed by atoms with van der Waals surface area (Å²) >= 11 is 6.27. The lowest BCUT2D eigenvalue weighted by atomic mass is 9.59. The number of ketones is 2. The van der Waals surface area contributed by atoms with E-state index in [1.54, 1.807) is 6.07 Å². The molecule has 0 aromatic heterocycles. The molecule has 3 aliphatic carbocycles. The molecule has 1 saturated carbocycles. The number of carbonyl (C=O) groups excluding carboxylic acids is 3. The molecule has 0 radical (unpaired) electrons. The van der Waals surface area contributed by atoms with Gasteiger partial charge in [0, 0.05) is 28.5 Å². The lowest BCUT2D eigenvalue weighted by Crippen LogP contribution is -2.58. The number of nitrogens with two attached hydrogens (primary N) is 1. The van der Waals surface area contributed by atoms with Gasteiger partial charge >= 0.3 is 0 Å². The SMILES string of the molecule is C=C(Cl)c1cc(C(C)(C)C)c(O)c2c1C[C@H]1C[C@H]3CC(=O)C(C(N)=O)=C(O)[C@@]3(O)C(=O)C1=C2O. The van der Waals surface area contributed by atoms with Gasteiger partial charge in [-0.15, -0.1) is 0 Å². The molecule has 4 rings (SSSR count). The highest BCUT2D eigenvalue weighted by atomic mass is 35.5. The molecule has 1 fully saturated rings. The third-order valence-corrected chi connectivity index (χ3v) is 7.37. The first-order chi connectivity index (χ1) is 15.6. The van der Waals surface area contributed by atoms with Gasteiger partial charge in [-0.1, -0.05) is 39.0 Å². The van der Waals surface area contributed by atoms with Crippen molar-refractivity contribution < 1.29 is 34.8 Å². The van der Waals surface area contributed by atoms with Crippen LogP contribution in [-0.2, 0) is 26.2 Å². The van der Waals surface area contributed by atoms with Crippen LogP contribution in [0, 0.1) is 11.8 Å². The number of phenols is 1. The molecular formula is C25H26ClNO7. The number of amides is 1. The van der Waals surface area contributed by atoms with E-state index in [0.29, 0.717) is 16.7 Å². The Morgan fingerprint density at radius 1 is 1.21 bits per heavy atom. The normalized spacial score (nSPS) is 26.7. The number of halogens is 1. The first kappa shape index (κ1) is 24.0. The third-order valence-electron chi connectivity index (χ3n) is 7.16. The lowest BCUT2D eigenvalue weighted by Gasteiger charge is -2.46. The van der Waals surface area contributed by atoms with Gasteiger partial charge in [0.1, 0.15) is 22.8 Å². The second kappa shape index (κ2) is 7.45. The van der Waals surface area contributed by atoms with Crippen LogP contribution in [0.25, 0.3) is 10.8 Å². The van der Waals surface area contributed by atoms with E-state index in [1.165, 1.54) is 0 Å². The van der Waals surface area contributed by atoms with Crippen molar-refractivity contribution >= 4 is 39.9 Å². The fraction of sp³-hybridized carbons (Fsp3) is 0.400. The predicted octanol–water partition coefficient (Wildman–Crippen LogP) is 2.93. The van der Waals surface area contributed by atoms with Gasteiger partial charge in [0.2, 0.25) is 5.78 Å². The molecule has 9 heteroatoms. The minimum absolute atomic E-state index is 0.0105. The van der Waals surface area contributed by atoms with Crippen molar-refractivity contribution in [3.63, 3.8) is 0 Å². The molecule has 0 unspecified atom stereocenters. The van der Waals surface area contributed by atoms with E-state index in [0.717, 1.165) is 0 Å². The molecule has 3 atom stereocenters. The topological polar surface area (TPSA) is 158 Å². The number of aliphatic hydroxyl groups excluding tert-OH is 2. The molecule has 0 spiro atoms. The lowest BCUT2D eigenvalue weighted by molar-refractivity contribution is -0.147. The van der Waals surface area contributed by atoms with E-state index in [9.17, 15) is 34.8 Å². The smallest absolute Gasteiger partial charge is 0.255 e. The summed E-state index contributed by atoms with van der Waals surface area (Å²) in [5.74, 6) is -6.58. The van der Waals surface area contributed by atoms with Crippen molar-refractivity contribution in [1.29, 1.82) is 0 Å². The summed E-state index contributed by atoms with van der Waals surface area (Å²) in [6.45, 7) is 9.38. The van der Waals surface area contributed by atoms with Crippen LogP contribution in [0.5, 0.6) is 5.75 Å². The molecule has 6 N–H and O–H groups in total. The maximum atomic E-state index is 13.6. The number of benzene rings is 1. The summed E-state index contributed by atoms with van der Waals surface area (Å²) in [5, 5.41) is 44.5. The van der Waals surface area contributed by atoms with Crippen LogP contribution in [0.4, 0.5) is 0 Å². The highest BCUT2D eigenvalue weighted by molar-refractivity contribution is 6.48. The van der Waals surface area contributed by atoms with Crippen LogP contribution in [0.15, 0.2) is 29.6 Å². The van der Waals surface area contributed by atoms with Crippen LogP contribution in [0.3, 0.4) is 0 Å². The molecule has 180 valence electrons. The predicted molar refractivity (Wildman–Crippen MR) is 125 cm³/mol. The van der Waals surface area contributed by atoms with Crippen LogP contribution in [0.2, 0.25) is 0 Å². The maximum absolute atomic E-state index is 13.6. The van der Waals surface area contributed by atoms with Crippen molar-refractivity contribution in [2.24, 2.45) is 17.6 Å². The molecular weight excluding hydrogens is 462 g/mol. The van der Waals surface area contributed by atoms with Crippen molar-refractivity contribution in [2.75, 3.05) is 0 Å². The third kappa shape index (κ3) is 3.12. The van der Waals surface area contributed by atoms with Crippen LogP contribution in [0.1, 0.15) is 55.9 Å². The Bertz CT molecular complexity index is 1270. The Morgan fingerprint density at radius 3 is 2.35 bits per heavy atom. The first-order valence-corrected chi connectivity index (χ1v) is 11.2. The van der Waals surface area contributed by atoms with Crippen molar-refractivity contribution in [3.05, 3.63) is 51.8 Å². The van der Waals surface area contributed by atoms with Gasteiger partial charge in [-0.3, -0.25) is 14.4 Å². The quantitative estimate of drug-likeness (QED) is 0.401. The van der Waals surface area contributed by atoms with Gasteiger partial charge in [0.05, 0.1) is 5.56 Å². The largest absolute Gasteiger partial charge is 0.508 e. The van der Waals surface area contributed by atoms with Gasteiger partial charge in [0.15, 0.2) is 11.4 Å². The van der Waals surface area contributed by atoms with Gasteiger partial charge in [0.25, 0.3) is 5.91 Å². The number of Topliss-reactive ketones (excluding diaryl/α,β-unsaturated/α-hetero) is 2. The summed E-state index contributed by atoms with van der Waals surface area (Å²) in [5.41, 5.74) is 2.53. The van der Waals surface area contributed by atoms with Crippen LogP contribution >= 0.6 is 11.6 Å². The van der Waals surface area contributed by atoms with Gasteiger partial charge in [-0.25, -0.2) is 0 Å². The maximum Gasteiger partial charge on any atom is 0.255 e. The minimum Gasteiger partial charge on any atom is -0.508 e. The Labute approximate surface area is 201 Å². The minimum atomic E-state index is -2.59. The molecule has 0 heterocycles. The highest BCUT2D eigenvalue weighted by Crippen LogP contribution is 2.54. The second-order valence-corrected chi connectivity index (χ2v) is 10.7. The number of primary amides is 1. The number of hydrogen-bond donors (Lipinski definition) is 5. The number of phenolic OH excluding ortho intramolecular Hbond substituents is 1. The Balaban J connectivity index is 2.01. The fourth-order valence-electron chi connectivity index (χ4n) is 5.50. The van der Waals surface area contributed by atoms with Crippen molar-refractivity contribution in [3.8, 4) is 5.75 Å². The molecule has 1 aromatic carbocycles. The number of aromatic hydroxyl groups is 1. The summed E-state index contributed by atoms with van der Waals surface area (Å²) in [6.07, 6.45) is -0.141. The zero-order valence-corrected chi connectivity index (χ0v) is 19.8. The summed E-state index contributed by atoms with van der Waals surface area (Å²) in [7, 11) is 0. The van der Waals surface area contributed by atoms with E-state index in [4.69, 9.17) is 17.3 Å². The Hall–Kier alpha value is -3.10. The molecule has 1 amide bonds. The first-order valence-electron chi connectivity index (χ1n) is 10.8. The molecule has 3 aliphatic rings. The molecule has 8 nitrogen and oxygen atoms in total. The summed E-state index contributed by atoms with van der Waals surface area (Å²) in [4.78, 5) is 37.7. The standard InChI is InChI=1S/C25H26ClNO7/c1-9(26)12-8-14(24(2,3)4)19(29)17-13(12)6-10-5-11-7-15(28)18(23(27)33)22(32)25(11,34)21(31)16(10)20(17)30/h8,10-11,29-30,32,34H,1,5-7H2,2-4H3,(H2,27,33)/t10-,11+,25+/m1/s1. The average Bonchev–Trinajstić information content (AvgIpc) is 2.69. The Morgan fingerprint density at radius 2 is 1.82 bits per heavy atom. The molecule has 0 bridgehead atoms. The summed E-state index contributed by atoms with van der Waals surface area (Å²) < 4.78 is 0. The van der Waals surface area contributed by atoms with E-state index in [-0.39, 0.29) is 41.2 Å². The molecule has 34 heavy (non-hydrogen) atoms. The fourth-order valence-corrected chi connectivity index (χ4v) is 5.67. The second-order valence-electron chi connectivity index (χ2n) is 10.2. The van der Waals surface area contributed by atoms with Crippen molar-refractivity contribution in [2.45, 2.75) is 51.0 Å². The van der Waals surface area contributed by atoms with Crippen LogP contribution in [-0.4, -0.2) is 43.5 Å². The van der Waals surface area contributed by atoms with E-state index in [2.05, 4.69) is 6.58 Å². The number of fused-ring (bicyclic) bond motifs is 3. The van der Waals surface area contributed by atoms with Crippen LogP contribution < -0.4 is 5.73 Å². The van der Waals surface area contributed by atoms with Gasteiger partial charge in [-0.05, 0) is 41.4 Å². The van der Waals surface area contributed by atoms with E-state index >= 15 is 0 Å². The monoisotopic (exact) mass is 487 g/mol. The average molecular weight is 488 g/mol.